The van der Waals surface area contributed by atoms with Gasteiger partial charge in [0.2, 0.25) is 0 Å². The summed E-state index contributed by atoms with van der Waals surface area (Å²) in [6.07, 6.45) is -1.33. The number of fused-ring (bicyclic) bond motifs is 3. The third-order valence-corrected chi connectivity index (χ3v) is 4.94. The average Bonchev–Trinajstić information content (AvgIpc) is 2.91. The Balaban J connectivity index is 1.77. The first kappa shape index (κ1) is 17.6. The Labute approximate surface area is 148 Å². The Morgan fingerprint density at radius 1 is 1.08 bits per heavy atom. The van der Waals surface area contributed by atoms with E-state index in [9.17, 15) is 9.90 Å². The number of hydrogen-bond acceptors (Lipinski definition) is 4. The molecule has 1 aliphatic rings. The van der Waals surface area contributed by atoms with E-state index in [0.717, 1.165) is 11.1 Å². The summed E-state index contributed by atoms with van der Waals surface area (Å²) in [6.45, 7) is 5.85. The minimum atomic E-state index is -1.33. The van der Waals surface area contributed by atoms with Crippen LogP contribution in [-0.4, -0.2) is 29.8 Å². The highest BCUT2D eigenvalue weighted by molar-refractivity contribution is 5.79. The molecule has 3 rings (SSSR count). The number of esters is 1. The fourth-order valence-corrected chi connectivity index (χ4v) is 3.31. The van der Waals surface area contributed by atoms with Gasteiger partial charge in [-0.1, -0.05) is 69.3 Å². The second-order valence-corrected chi connectivity index (χ2v) is 7.69. The predicted molar refractivity (Wildman–Crippen MR) is 98.1 cm³/mol. The third-order valence-electron chi connectivity index (χ3n) is 4.94. The van der Waals surface area contributed by atoms with Crippen LogP contribution in [0, 0.1) is 5.41 Å². The van der Waals surface area contributed by atoms with Gasteiger partial charge in [0.25, 0.3) is 0 Å². The van der Waals surface area contributed by atoms with Gasteiger partial charge in [0.1, 0.15) is 6.61 Å². The van der Waals surface area contributed by atoms with E-state index in [1.807, 2.05) is 45.0 Å². The fourth-order valence-electron chi connectivity index (χ4n) is 3.31. The smallest absolute Gasteiger partial charge is 0.336 e. The van der Waals surface area contributed by atoms with Crippen LogP contribution in [0.4, 0.5) is 0 Å². The van der Waals surface area contributed by atoms with Crippen LogP contribution >= 0.6 is 0 Å². The van der Waals surface area contributed by atoms with Gasteiger partial charge in [-0.15, -0.1) is 0 Å². The molecule has 132 valence electrons. The zero-order valence-electron chi connectivity index (χ0n) is 14.9. The lowest BCUT2D eigenvalue weighted by Crippen LogP contribution is -2.49. The molecule has 25 heavy (non-hydrogen) atoms. The lowest BCUT2D eigenvalue weighted by molar-refractivity contribution is -0.156. The van der Waals surface area contributed by atoms with Gasteiger partial charge >= 0.3 is 5.97 Å². The Morgan fingerprint density at radius 3 is 2.04 bits per heavy atom. The molecule has 0 fully saturated rings. The molecule has 1 aliphatic carbocycles. The van der Waals surface area contributed by atoms with Crippen molar-refractivity contribution < 1.29 is 14.6 Å². The van der Waals surface area contributed by atoms with Crippen molar-refractivity contribution in [3.8, 4) is 11.1 Å². The minimum absolute atomic E-state index is 0.0191. The fraction of sp³-hybridized carbons (Fsp3) is 0.381. The van der Waals surface area contributed by atoms with Crippen molar-refractivity contribution in [1.29, 1.82) is 0 Å². The molecule has 0 saturated carbocycles. The third kappa shape index (κ3) is 3.32. The highest BCUT2D eigenvalue weighted by atomic mass is 16.5. The molecule has 3 N–H and O–H groups in total. The second-order valence-electron chi connectivity index (χ2n) is 7.69. The largest absolute Gasteiger partial charge is 0.463 e. The lowest BCUT2D eigenvalue weighted by atomic mass is 9.84. The number of nitrogens with two attached hydrogens (primary N) is 1. The number of rotatable bonds is 4. The van der Waals surface area contributed by atoms with Crippen LogP contribution in [0.3, 0.4) is 0 Å². The summed E-state index contributed by atoms with van der Waals surface area (Å²) in [4.78, 5) is 12.3. The first-order valence-corrected chi connectivity index (χ1v) is 8.59. The summed E-state index contributed by atoms with van der Waals surface area (Å²) in [6, 6.07) is 15.6. The summed E-state index contributed by atoms with van der Waals surface area (Å²) in [5, 5.41) is 10.2. The van der Waals surface area contributed by atoms with E-state index in [1.54, 1.807) is 0 Å². The van der Waals surface area contributed by atoms with Crippen LogP contribution in [0.5, 0.6) is 0 Å². The van der Waals surface area contributed by atoms with Crippen molar-refractivity contribution in [3.05, 3.63) is 59.7 Å². The standard InChI is InChI=1S/C21H25NO3/c1-21(2,3)19(22)18(23)20(24)25-12-17-15-10-6-4-8-13(15)14-9-5-7-11-16(14)17/h4-11,17-19,23H,12,22H2,1-3H3/t18-,19?/m0/s1. The molecule has 0 radical (unpaired) electrons. The molecular weight excluding hydrogens is 314 g/mol. The van der Waals surface area contributed by atoms with Crippen LogP contribution < -0.4 is 5.73 Å². The summed E-state index contributed by atoms with van der Waals surface area (Å²) in [5.74, 6) is -0.682. The van der Waals surface area contributed by atoms with Gasteiger partial charge in [0.05, 0.1) is 0 Å². The van der Waals surface area contributed by atoms with Gasteiger partial charge < -0.3 is 15.6 Å². The van der Waals surface area contributed by atoms with Crippen LogP contribution in [0.15, 0.2) is 48.5 Å². The molecule has 4 nitrogen and oxygen atoms in total. The Kier molecular flexibility index (Phi) is 4.67. The summed E-state index contributed by atoms with van der Waals surface area (Å²) in [5.41, 5.74) is 10.2. The summed E-state index contributed by atoms with van der Waals surface area (Å²) >= 11 is 0. The van der Waals surface area contributed by atoms with Crippen LogP contribution in [0.2, 0.25) is 0 Å². The Hall–Kier alpha value is -2.17. The van der Waals surface area contributed by atoms with Crippen molar-refractivity contribution in [2.45, 2.75) is 38.8 Å². The van der Waals surface area contributed by atoms with E-state index in [-0.39, 0.29) is 17.9 Å². The molecule has 0 aliphatic heterocycles. The number of aliphatic hydroxyl groups excluding tert-OH is 1. The number of hydrogen-bond donors (Lipinski definition) is 2. The van der Waals surface area contributed by atoms with Crippen LogP contribution in [-0.2, 0) is 9.53 Å². The number of carbonyl (C=O) groups is 1. The summed E-state index contributed by atoms with van der Waals surface area (Å²) in [7, 11) is 0. The first-order valence-electron chi connectivity index (χ1n) is 8.59. The zero-order valence-corrected chi connectivity index (χ0v) is 14.9. The first-order chi connectivity index (χ1) is 11.8. The van der Waals surface area contributed by atoms with Gasteiger partial charge in [0.15, 0.2) is 6.10 Å². The maximum absolute atomic E-state index is 12.3. The number of carbonyl (C=O) groups excluding carboxylic acids is 1. The molecule has 0 bridgehead atoms. The van der Waals surface area contributed by atoms with Crippen molar-refractivity contribution in [3.63, 3.8) is 0 Å². The molecule has 0 saturated heterocycles. The van der Waals surface area contributed by atoms with Crippen LogP contribution in [0.1, 0.15) is 37.8 Å². The lowest BCUT2D eigenvalue weighted by Gasteiger charge is -2.30. The van der Waals surface area contributed by atoms with E-state index in [1.165, 1.54) is 11.1 Å². The van der Waals surface area contributed by atoms with E-state index in [2.05, 4.69) is 24.3 Å². The number of ether oxygens (including phenoxy) is 1. The number of benzene rings is 2. The van der Waals surface area contributed by atoms with E-state index in [0.29, 0.717) is 0 Å². The molecule has 0 heterocycles. The monoisotopic (exact) mass is 339 g/mol. The second kappa shape index (κ2) is 6.62. The number of aliphatic hydroxyl groups is 1. The van der Waals surface area contributed by atoms with Crippen molar-refractivity contribution in [2.24, 2.45) is 11.1 Å². The quantitative estimate of drug-likeness (QED) is 0.840. The zero-order chi connectivity index (χ0) is 18.2. The highest BCUT2D eigenvalue weighted by Gasteiger charge is 2.35. The van der Waals surface area contributed by atoms with Crippen molar-refractivity contribution in [1.82, 2.24) is 0 Å². The molecular formula is C21H25NO3. The van der Waals surface area contributed by atoms with Crippen molar-refractivity contribution in [2.75, 3.05) is 6.61 Å². The maximum atomic E-state index is 12.3. The van der Waals surface area contributed by atoms with Gasteiger partial charge in [0, 0.05) is 12.0 Å². The molecule has 4 heteroatoms. The maximum Gasteiger partial charge on any atom is 0.336 e. The van der Waals surface area contributed by atoms with Gasteiger partial charge in [-0.2, -0.15) is 0 Å². The van der Waals surface area contributed by atoms with Gasteiger partial charge in [-0.25, -0.2) is 4.79 Å². The minimum Gasteiger partial charge on any atom is -0.463 e. The molecule has 0 aromatic heterocycles. The topological polar surface area (TPSA) is 72.5 Å². The molecule has 0 amide bonds. The van der Waals surface area contributed by atoms with E-state index in [4.69, 9.17) is 10.5 Å². The van der Waals surface area contributed by atoms with Crippen LogP contribution in [0.25, 0.3) is 11.1 Å². The summed E-state index contributed by atoms with van der Waals surface area (Å²) < 4.78 is 5.45. The van der Waals surface area contributed by atoms with E-state index >= 15 is 0 Å². The van der Waals surface area contributed by atoms with Gasteiger partial charge in [-0.3, -0.25) is 0 Å². The van der Waals surface area contributed by atoms with E-state index < -0.39 is 18.1 Å². The van der Waals surface area contributed by atoms with Crippen molar-refractivity contribution >= 4 is 5.97 Å². The Morgan fingerprint density at radius 2 is 1.56 bits per heavy atom. The average molecular weight is 339 g/mol. The normalized spacial score (nSPS) is 16.0. The molecule has 2 aromatic rings. The van der Waals surface area contributed by atoms with Gasteiger partial charge in [-0.05, 0) is 27.7 Å². The molecule has 2 atom stereocenters. The Bertz CT molecular complexity index is 733. The molecule has 0 spiro atoms. The SMILES string of the molecule is CC(C)(C)C(N)[C@H](O)C(=O)OCC1c2ccccc2-c2ccccc21. The molecule has 2 aromatic carbocycles. The predicted octanol–water partition coefficient (Wildman–Crippen LogP) is 3.08. The molecule has 1 unspecified atom stereocenters. The highest BCUT2D eigenvalue weighted by Crippen LogP contribution is 2.44.